The fourth-order valence-corrected chi connectivity index (χ4v) is 2.78. The van der Waals surface area contributed by atoms with Crippen molar-refractivity contribution in [2.75, 3.05) is 11.5 Å². The Bertz CT molecular complexity index is 534. The average Bonchev–Trinajstić information content (AvgIpc) is 2.34. The zero-order valence-corrected chi connectivity index (χ0v) is 10.4. The zero-order chi connectivity index (χ0) is 12.5. The van der Waals surface area contributed by atoms with Crippen LogP contribution >= 0.6 is 0 Å². The largest absolute Gasteiger partial charge is 0.399 e. The van der Waals surface area contributed by atoms with E-state index in [0.717, 1.165) is 37.1 Å². The minimum absolute atomic E-state index is 0.863. The third-order valence-electron chi connectivity index (χ3n) is 3.79. The molecular weight excluding hydrogens is 220 g/mol. The molecule has 0 heterocycles. The van der Waals surface area contributed by atoms with E-state index in [2.05, 4.69) is 24.3 Å². The van der Waals surface area contributed by atoms with Crippen molar-refractivity contribution in [3.8, 4) is 0 Å². The molecule has 2 aromatic carbocycles. The topological polar surface area (TPSA) is 52.0 Å². The van der Waals surface area contributed by atoms with Crippen LogP contribution in [0.4, 0.5) is 11.4 Å². The molecule has 0 atom stereocenters. The van der Waals surface area contributed by atoms with Crippen molar-refractivity contribution < 1.29 is 0 Å². The molecule has 2 nitrogen and oxygen atoms in total. The van der Waals surface area contributed by atoms with Crippen molar-refractivity contribution in [3.05, 3.63) is 58.7 Å². The van der Waals surface area contributed by atoms with Crippen LogP contribution in [0.3, 0.4) is 0 Å². The molecule has 4 N–H and O–H groups in total. The Morgan fingerprint density at radius 2 is 0.944 bits per heavy atom. The van der Waals surface area contributed by atoms with E-state index in [-0.39, 0.29) is 0 Å². The first kappa shape index (κ1) is 11.1. The van der Waals surface area contributed by atoms with Gasteiger partial charge in [0, 0.05) is 11.4 Å². The van der Waals surface area contributed by atoms with E-state index >= 15 is 0 Å². The summed E-state index contributed by atoms with van der Waals surface area (Å²) in [5, 5.41) is 0. The Hall–Kier alpha value is -1.96. The summed E-state index contributed by atoms with van der Waals surface area (Å²) in [7, 11) is 0. The standard InChI is InChI=1S/C16H18N2/c17-15-7-5-11-1-2-12-6-8-16(18)10-14(12)4-3-13(11)9-15/h5-10H,1-4,17-18H2. The first-order chi connectivity index (χ1) is 8.72. The molecule has 1 aliphatic carbocycles. The van der Waals surface area contributed by atoms with Crippen molar-refractivity contribution in [1.82, 2.24) is 0 Å². The van der Waals surface area contributed by atoms with Gasteiger partial charge in [0.1, 0.15) is 0 Å². The van der Waals surface area contributed by atoms with Gasteiger partial charge in [0.25, 0.3) is 0 Å². The van der Waals surface area contributed by atoms with Crippen molar-refractivity contribution in [2.45, 2.75) is 25.7 Å². The van der Waals surface area contributed by atoms with Gasteiger partial charge in [-0.25, -0.2) is 0 Å². The Morgan fingerprint density at radius 3 is 1.39 bits per heavy atom. The predicted octanol–water partition coefficient (Wildman–Crippen LogP) is 2.73. The van der Waals surface area contributed by atoms with Gasteiger partial charge >= 0.3 is 0 Å². The van der Waals surface area contributed by atoms with E-state index < -0.39 is 0 Å². The summed E-state index contributed by atoms with van der Waals surface area (Å²) in [6, 6.07) is 12.6. The van der Waals surface area contributed by atoms with E-state index in [9.17, 15) is 0 Å². The minimum atomic E-state index is 0.863. The van der Waals surface area contributed by atoms with Gasteiger partial charge in [0.2, 0.25) is 0 Å². The van der Waals surface area contributed by atoms with Crippen LogP contribution in [0.25, 0.3) is 0 Å². The molecule has 0 radical (unpaired) electrons. The Morgan fingerprint density at radius 1 is 0.556 bits per heavy atom. The molecular formula is C16H18N2. The second-order valence-electron chi connectivity index (χ2n) is 5.06. The second-order valence-corrected chi connectivity index (χ2v) is 5.06. The van der Waals surface area contributed by atoms with E-state index in [1.165, 1.54) is 22.3 Å². The van der Waals surface area contributed by atoms with Crippen LogP contribution in [0.15, 0.2) is 36.4 Å². The normalized spacial score (nSPS) is 14.2. The maximum Gasteiger partial charge on any atom is 0.0316 e. The Kier molecular flexibility index (Phi) is 2.71. The number of anilines is 2. The summed E-state index contributed by atoms with van der Waals surface area (Å²) in [4.78, 5) is 0. The highest BCUT2D eigenvalue weighted by Gasteiger charge is 2.11. The highest BCUT2D eigenvalue weighted by Crippen LogP contribution is 2.24. The molecule has 0 bridgehead atoms. The SMILES string of the molecule is Nc1ccc2c(c1)CCc1cc(N)ccc1CC2. The Balaban J connectivity index is 1.97. The number of nitrogens with two attached hydrogens (primary N) is 2. The van der Waals surface area contributed by atoms with Gasteiger partial charge in [-0.15, -0.1) is 0 Å². The van der Waals surface area contributed by atoms with Crippen LogP contribution in [0.1, 0.15) is 22.3 Å². The first-order valence-electron chi connectivity index (χ1n) is 6.47. The fourth-order valence-electron chi connectivity index (χ4n) is 2.78. The molecule has 18 heavy (non-hydrogen) atoms. The quantitative estimate of drug-likeness (QED) is 0.693. The third-order valence-corrected chi connectivity index (χ3v) is 3.79. The van der Waals surface area contributed by atoms with Gasteiger partial charge in [-0.05, 0) is 72.2 Å². The average molecular weight is 238 g/mol. The van der Waals surface area contributed by atoms with Gasteiger partial charge in [-0.3, -0.25) is 0 Å². The highest BCUT2D eigenvalue weighted by molar-refractivity contribution is 5.49. The molecule has 92 valence electrons. The third kappa shape index (κ3) is 2.06. The zero-order valence-electron chi connectivity index (χ0n) is 10.4. The van der Waals surface area contributed by atoms with Gasteiger partial charge < -0.3 is 11.5 Å². The van der Waals surface area contributed by atoms with Crippen molar-refractivity contribution in [2.24, 2.45) is 0 Å². The summed E-state index contributed by atoms with van der Waals surface area (Å²) in [5.74, 6) is 0. The number of aryl methyl sites for hydroxylation is 4. The molecule has 0 aromatic heterocycles. The van der Waals surface area contributed by atoms with Gasteiger partial charge in [-0.1, -0.05) is 12.1 Å². The molecule has 0 saturated heterocycles. The number of fused-ring (bicyclic) bond motifs is 2. The van der Waals surface area contributed by atoms with Crippen LogP contribution < -0.4 is 11.5 Å². The summed E-state index contributed by atoms with van der Waals surface area (Å²) < 4.78 is 0. The maximum absolute atomic E-state index is 5.87. The van der Waals surface area contributed by atoms with Crippen LogP contribution in [-0.4, -0.2) is 0 Å². The smallest absolute Gasteiger partial charge is 0.0316 e. The maximum atomic E-state index is 5.87. The molecule has 0 unspecified atom stereocenters. The van der Waals surface area contributed by atoms with Crippen LogP contribution in [0, 0.1) is 0 Å². The molecule has 2 aromatic rings. The number of rotatable bonds is 0. The van der Waals surface area contributed by atoms with Crippen LogP contribution in [-0.2, 0) is 25.7 Å². The van der Waals surface area contributed by atoms with Crippen LogP contribution in [0.2, 0.25) is 0 Å². The molecule has 1 aliphatic rings. The molecule has 3 rings (SSSR count). The number of hydrogen-bond donors (Lipinski definition) is 2. The number of benzene rings is 2. The minimum Gasteiger partial charge on any atom is -0.399 e. The monoisotopic (exact) mass is 238 g/mol. The molecule has 2 heteroatoms. The van der Waals surface area contributed by atoms with Gasteiger partial charge in [0.05, 0.1) is 0 Å². The Labute approximate surface area is 108 Å². The van der Waals surface area contributed by atoms with Crippen molar-refractivity contribution in [1.29, 1.82) is 0 Å². The molecule has 0 aliphatic heterocycles. The van der Waals surface area contributed by atoms with Crippen molar-refractivity contribution in [3.63, 3.8) is 0 Å². The molecule has 0 amide bonds. The highest BCUT2D eigenvalue weighted by atomic mass is 14.5. The van der Waals surface area contributed by atoms with E-state index in [0.29, 0.717) is 0 Å². The summed E-state index contributed by atoms with van der Waals surface area (Å²) in [5.41, 5.74) is 19.1. The van der Waals surface area contributed by atoms with E-state index in [1.54, 1.807) is 0 Å². The van der Waals surface area contributed by atoms with E-state index in [1.807, 2.05) is 12.1 Å². The van der Waals surface area contributed by atoms with Crippen LogP contribution in [0.5, 0.6) is 0 Å². The molecule has 0 fully saturated rings. The van der Waals surface area contributed by atoms with Gasteiger partial charge in [-0.2, -0.15) is 0 Å². The lowest BCUT2D eigenvalue weighted by Gasteiger charge is -2.17. The second kappa shape index (κ2) is 4.37. The first-order valence-corrected chi connectivity index (χ1v) is 6.47. The van der Waals surface area contributed by atoms with E-state index in [4.69, 9.17) is 11.5 Å². The number of nitrogen functional groups attached to an aromatic ring is 2. The lowest BCUT2D eigenvalue weighted by atomic mass is 9.88. The van der Waals surface area contributed by atoms with Gasteiger partial charge in [0.15, 0.2) is 0 Å². The summed E-state index contributed by atoms with van der Waals surface area (Å²) in [6.45, 7) is 0. The fraction of sp³-hybridized carbons (Fsp3) is 0.250. The number of hydrogen-bond acceptors (Lipinski definition) is 2. The van der Waals surface area contributed by atoms with Crippen molar-refractivity contribution >= 4 is 11.4 Å². The molecule has 0 saturated carbocycles. The predicted molar refractivity (Wildman–Crippen MR) is 76.5 cm³/mol. The summed E-state index contributed by atoms with van der Waals surface area (Å²) >= 11 is 0. The summed E-state index contributed by atoms with van der Waals surface area (Å²) in [6.07, 6.45) is 4.28. The molecule has 0 spiro atoms. The lowest BCUT2D eigenvalue weighted by molar-refractivity contribution is 0.840. The lowest BCUT2D eigenvalue weighted by Crippen LogP contribution is -2.07.